The lowest BCUT2D eigenvalue weighted by Gasteiger charge is -2.43. The molecule has 0 spiro atoms. The Bertz CT molecular complexity index is 1220. The van der Waals surface area contributed by atoms with Crippen LogP contribution >= 0.6 is 0 Å². The molecule has 9 heteroatoms. The highest BCUT2D eigenvalue weighted by molar-refractivity contribution is 6.99. The minimum Gasteiger partial charge on any atom is -0.465 e. The lowest BCUT2D eigenvalue weighted by Crippen LogP contribution is -2.67. The Kier molecular flexibility index (Phi) is 7.96. The van der Waals surface area contributed by atoms with Gasteiger partial charge < -0.3 is 19.6 Å². The highest BCUT2D eigenvalue weighted by atomic mass is 28.4. The predicted octanol–water partition coefficient (Wildman–Crippen LogP) is 2.87. The van der Waals surface area contributed by atoms with Crippen LogP contribution in [0.5, 0.6) is 0 Å². The minimum atomic E-state index is -2.80. The van der Waals surface area contributed by atoms with Crippen LogP contribution in [0.25, 0.3) is 0 Å². The molecular formula is C28H35N3O5Si. The van der Waals surface area contributed by atoms with E-state index < -0.39 is 26.3 Å². The van der Waals surface area contributed by atoms with E-state index in [9.17, 15) is 9.59 Å². The maximum Gasteiger partial charge on any atom is 0.351 e. The monoisotopic (exact) mass is 521 g/mol. The van der Waals surface area contributed by atoms with Gasteiger partial charge in [-0.3, -0.25) is 9.36 Å². The summed E-state index contributed by atoms with van der Waals surface area (Å²) in [6, 6.07) is 22.3. The van der Waals surface area contributed by atoms with Gasteiger partial charge >= 0.3 is 11.7 Å². The Hall–Kier alpha value is -3.27. The summed E-state index contributed by atoms with van der Waals surface area (Å²) in [6.45, 7) is 8.49. The average Bonchev–Trinajstić information content (AvgIpc) is 3.26. The molecule has 1 aliphatic heterocycles. The number of benzene rings is 2. The zero-order valence-electron chi connectivity index (χ0n) is 21.8. The van der Waals surface area contributed by atoms with E-state index in [1.807, 2.05) is 36.4 Å². The first-order valence-electron chi connectivity index (χ1n) is 12.5. The molecule has 2 N–H and O–H groups in total. The second-order valence-electron chi connectivity index (χ2n) is 10.4. The van der Waals surface area contributed by atoms with E-state index in [2.05, 4.69) is 50.0 Å². The number of carbonyl (C=O) groups is 1. The Labute approximate surface area is 218 Å². The third kappa shape index (κ3) is 5.68. The normalized spacial score (nSPS) is 20.1. The van der Waals surface area contributed by atoms with Crippen LogP contribution < -0.4 is 21.8 Å². The summed E-state index contributed by atoms with van der Waals surface area (Å²) in [6.07, 6.45) is 1.11. The Morgan fingerprint density at radius 1 is 1.05 bits per heavy atom. The molecule has 2 aromatic carbocycles. The first-order chi connectivity index (χ1) is 17.6. The first kappa shape index (κ1) is 26.8. The number of hydrogen-bond acceptors (Lipinski definition) is 7. The number of nitrogen functional groups attached to an aromatic ring is 1. The molecule has 0 bridgehead atoms. The highest BCUT2D eigenvalue weighted by Crippen LogP contribution is 2.39. The number of hydrogen-bond donors (Lipinski definition) is 1. The molecular weight excluding hydrogens is 486 g/mol. The lowest BCUT2D eigenvalue weighted by atomic mass is 10.0. The van der Waals surface area contributed by atoms with Crippen molar-refractivity contribution in [3.8, 4) is 0 Å². The highest BCUT2D eigenvalue weighted by Gasteiger charge is 2.51. The molecule has 3 atom stereocenters. The van der Waals surface area contributed by atoms with E-state index in [0.29, 0.717) is 6.42 Å². The molecule has 4 rings (SSSR count). The van der Waals surface area contributed by atoms with Crippen molar-refractivity contribution in [3.05, 3.63) is 83.4 Å². The smallest absolute Gasteiger partial charge is 0.351 e. The van der Waals surface area contributed by atoms with Crippen molar-refractivity contribution >= 4 is 30.5 Å². The minimum absolute atomic E-state index is 0.155. The number of aromatic nitrogens is 2. The molecule has 3 unspecified atom stereocenters. The summed E-state index contributed by atoms with van der Waals surface area (Å²) in [7, 11) is -2.80. The fourth-order valence-electron chi connectivity index (χ4n) is 5.15. The molecule has 0 aliphatic carbocycles. The number of carbonyl (C=O) groups excluding carboxylic acids is 1. The van der Waals surface area contributed by atoms with Crippen molar-refractivity contribution < 1.29 is 18.7 Å². The lowest BCUT2D eigenvalue weighted by molar-refractivity contribution is -0.143. The number of rotatable bonds is 8. The average molecular weight is 522 g/mol. The van der Waals surface area contributed by atoms with E-state index in [1.54, 1.807) is 12.3 Å². The van der Waals surface area contributed by atoms with Gasteiger partial charge in [-0.05, 0) is 21.5 Å². The van der Waals surface area contributed by atoms with E-state index in [4.69, 9.17) is 19.6 Å². The molecule has 3 aromatic rings. The van der Waals surface area contributed by atoms with Crippen LogP contribution in [0, 0.1) is 5.92 Å². The molecule has 2 heterocycles. The summed E-state index contributed by atoms with van der Waals surface area (Å²) in [5, 5.41) is 2.13. The molecule has 37 heavy (non-hydrogen) atoms. The van der Waals surface area contributed by atoms with Crippen molar-refractivity contribution in [2.24, 2.45) is 5.92 Å². The van der Waals surface area contributed by atoms with Crippen molar-refractivity contribution in [3.63, 3.8) is 0 Å². The zero-order chi connectivity index (χ0) is 26.6. The van der Waals surface area contributed by atoms with Crippen LogP contribution in [-0.4, -0.2) is 43.2 Å². The molecule has 1 fully saturated rings. The maximum atomic E-state index is 12.5. The molecule has 0 radical (unpaired) electrons. The first-order valence-corrected chi connectivity index (χ1v) is 14.4. The number of ether oxygens (including phenoxy) is 2. The van der Waals surface area contributed by atoms with Gasteiger partial charge in [0.05, 0.1) is 19.3 Å². The standard InChI is InChI=1S/C28H35N3O5Si/c1-20(32)34-18-21-17-26(31-16-15-25(29)30-27(31)33)36-24(21)19-35-37(28(2,3)4,22-11-7-5-8-12-22)23-13-9-6-10-14-23/h5-16,21,24,26H,17-19H2,1-4H3,(H2,29,30,33). The van der Waals surface area contributed by atoms with Gasteiger partial charge in [0.1, 0.15) is 12.0 Å². The Morgan fingerprint density at radius 2 is 1.65 bits per heavy atom. The van der Waals surface area contributed by atoms with E-state index in [0.717, 1.165) is 0 Å². The molecule has 0 amide bonds. The summed E-state index contributed by atoms with van der Waals surface area (Å²) >= 11 is 0. The van der Waals surface area contributed by atoms with E-state index in [1.165, 1.54) is 21.9 Å². The third-order valence-electron chi connectivity index (χ3n) is 6.91. The van der Waals surface area contributed by atoms with Gasteiger partial charge in [-0.1, -0.05) is 81.4 Å². The number of anilines is 1. The van der Waals surface area contributed by atoms with Gasteiger partial charge in [-0.2, -0.15) is 4.98 Å². The van der Waals surface area contributed by atoms with Crippen LogP contribution in [-0.2, 0) is 18.7 Å². The van der Waals surface area contributed by atoms with Crippen molar-refractivity contribution in [1.82, 2.24) is 9.55 Å². The Morgan fingerprint density at radius 3 is 2.16 bits per heavy atom. The van der Waals surface area contributed by atoms with Crippen molar-refractivity contribution in [2.45, 2.75) is 51.5 Å². The molecule has 8 nitrogen and oxygen atoms in total. The Balaban J connectivity index is 1.68. The largest absolute Gasteiger partial charge is 0.465 e. The summed E-state index contributed by atoms with van der Waals surface area (Å²) in [5.41, 5.74) is 5.19. The van der Waals surface area contributed by atoms with Crippen molar-refractivity contribution in [2.75, 3.05) is 18.9 Å². The van der Waals surface area contributed by atoms with Gasteiger partial charge in [0.25, 0.3) is 8.32 Å². The zero-order valence-corrected chi connectivity index (χ0v) is 22.8. The van der Waals surface area contributed by atoms with Gasteiger partial charge in [0.15, 0.2) is 0 Å². The molecule has 196 valence electrons. The van der Waals surface area contributed by atoms with Crippen LogP contribution in [0.3, 0.4) is 0 Å². The third-order valence-corrected chi connectivity index (χ3v) is 11.9. The molecule has 1 aromatic heterocycles. The topological polar surface area (TPSA) is 106 Å². The second kappa shape index (κ2) is 11.0. The quantitative estimate of drug-likeness (QED) is 0.359. The van der Waals surface area contributed by atoms with Gasteiger partial charge in [0.2, 0.25) is 0 Å². The van der Waals surface area contributed by atoms with Crippen LogP contribution in [0.2, 0.25) is 5.04 Å². The van der Waals surface area contributed by atoms with Gasteiger partial charge in [0, 0.05) is 25.5 Å². The van der Waals surface area contributed by atoms with Crippen molar-refractivity contribution in [1.29, 1.82) is 0 Å². The number of esters is 1. The molecule has 0 saturated carbocycles. The molecule has 1 aliphatic rings. The van der Waals surface area contributed by atoms with Gasteiger partial charge in [-0.15, -0.1) is 0 Å². The van der Waals surface area contributed by atoms with E-state index in [-0.39, 0.29) is 36.0 Å². The fourth-order valence-corrected chi connectivity index (χ4v) is 9.72. The van der Waals surface area contributed by atoms with E-state index >= 15 is 0 Å². The summed E-state index contributed by atoms with van der Waals surface area (Å²) in [5.74, 6) is -0.361. The maximum absolute atomic E-state index is 12.5. The number of nitrogens with two attached hydrogens (primary N) is 1. The SMILES string of the molecule is CC(=O)OCC1CC(n2ccc(N)nc2=O)OC1CO[Si](c1ccccc1)(c1ccccc1)C(C)(C)C. The van der Waals surface area contributed by atoms with Crippen LogP contribution in [0.1, 0.15) is 40.3 Å². The fraction of sp³-hybridized carbons (Fsp3) is 0.393. The van der Waals surface area contributed by atoms with Gasteiger partial charge in [-0.25, -0.2) is 4.79 Å². The number of nitrogens with zero attached hydrogens (tertiary/aromatic N) is 2. The molecule has 1 saturated heterocycles. The predicted molar refractivity (Wildman–Crippen MR) is 145 cm³/mol. The summed E-state index contributed by atoms with van der Waals surface area (Å²) in [4.78, 5) is 27.9. The second-order valence-corrected chi connectivity index (χ2v) is 14.7. The summed E-state index contributed by atoms with van der Waals surface area (Å²) < 4.78 is 20.3. The van der Waals surface area contributed by atoms with Crippen LogP contribution in [0.15, 0.2) is 77.7 Å². The van der Waals surface area contributed by atoms with Crippen LogP contribution in [0.4, 0.5) is 5.82 Å².